The van der Waals surface area contributed by atoms with Crippen LogP contribution in [0.3, 0.4) is 0 Å². The first-order valence-corrected chi connectivity index (χ1v) is 3.79. The summed E-state index contributed by atoms with van der Waals surface area (Å²) in [6.45, 7) is 3.74. The largest absolute Gasteiger partial charge is 0.478 e. The van der Waals surface area contributed by atoms with Crippen molar-refractivity contribution in [2.24, 2.45) is 0 Å². The van der Waals surface area contributed by atoms with Gasteiger partial charge in [0.2, 0.25) is 0 Å². The summed E-state index contributed by atoms with van der Waals surface area (Å²) < 4.78 is 9.52. The Morgan fingerprint density at radius 2 is 2.08 bits per heavy atom. The highest BCUT2D eigenvalue weighted by Gasteiger charge is 2.05. The van der Waals surface area contributed by atoms with Gasteiger partial charge in [0, 0.05) is 18.8 Å². The first-order chi connectivity index (χ1) is 6.06. The molecule has 0 rings (SSSR count). The van der Waals surface area contributed by atoms with E-state index in [1.807, 2.05) is 0 Å². The molecule has 0 saturated carbocycles. The summed E-state index contributed by atoms with van der Waals surface area (Å²) in [5, 5.41) is 8.17. The zero-order valence-corrected chi connectivity index (χ0v) is 7.52. The van der Waals surface area contributed by atoms with E-state index in [0.717, 1.165) is 6.08 Å². The highest BCUT2D eigenvalue weighted by molar-refractivity contribution is 5.90. The summed E-state index contributed by atoms with van der Waals surface area (Å²) in [4.78, 5) is 20.8. The van der Waals surface area contributed by atoms with Gasteiger partial charge in [0.1, 0.15) is 0 Å². The Balaban J connectivity index is 3.80. The van der Waals surface area contributed by atoms with Gasteiger partial charge in [0.25, 0.3) is 0 Å². The van der Waals surface area contributed by atoms with Crippen LogP contribution in [0.2, 0.25) is 0 Å². The Morgan fingerprint density at radius 3 is 2.54 bits per heavy atom. The SMILES string of the molecule is CCOC(C)OC(=O)/C=C\C(=O)O. The van der Waals surface area contributed by atoms with E-state index in [0.29, 0.717) is 12.7 Å². The van der Waals surface area contributed by atoms with Crippen LogP contribution < -0.4 is 0 Å². The summed E-state index contributed by atoms with van der Waals surface area (Å²) >= 11 is 0. The third kappa shape index (κ3) is 7.02. The van der Waals surface area contributed by atoms with Crippen molar-refractivity contribution in [3.8, 4) is 0 Å². The van der Waals surface area contributed by atoms with Crippen LogP contribution in [0.15, 0.2) is 12.2 Å². The third-order valence-electron chi connectivity index (χ3n) is 1.05. The molecule has 0 aliphatic carbocycles. The molecule has 5 heteroatoms. The molecule has 1 unspecified atom stereocenters. The van der Waals surface area contributed by atoms with Gasteiger partial charge < -0.3 is 14.6 Å². The molecule has 0 saturated heterocycles. The van der Waals surface area contributed by atoms with Crippen LogP contribution in [-0.4, -0.2) is 29.9 Å². The second-order valence-corrected chi connectivity index (χ2v) is 2.13. The lowest BCUT2D eigenvalue weighted by atomic mass is 10.5. The molecule has 0 aliphatic heterocycles. The van der Waals surface area contributed by atoms with Crippen molar-refractivity contribution in [3.63, 3.8) is 0 Å². The Labute approximate surface area is 75.9 Å². The number of carboxylic acid groups (broad SMARTS) is 1. The molecule has 0 aromatic heterocycles. The highest BCUT2D eigenvalue weighted by Crippen LogP contribution is 1.94. The van der Waals surface area contributed by atoms with Crippen LogP contribution >= 0.6 is 0 Å². The number of esters is 1. The fraction of sp³-hybridized carbons (Fsp3) is 0.500. The van der Waals surface area contributed by atoms with Crippen molar-refractivity contribution in [2.75, 3.05) is 6.61 Å². The number of carbonyl (C=O) groups is 2. The minimum atomic E-state index is -1.19. The average Bonchev–Trinajstić information content (AvgIpc) is 2.01. The smallest absolute Gasteiger partial charge is 0.333 e. The van der Waals surface area contributed by atoms with Crippen LogP contribution in [0.25, 0.3) is 0 Å². The predicted octanol–water partition coefficient (Wildman–Crippen LogP) is 0.553. The standard InChI is InChI=1S/C8H12O5/c1-3-12-6(2)13-8(11)5-4-7(9)10/h4-6H,3H2,1-2H3,(H,9,10)/b5-4-. The van der Waals surface area contributed by atoms with Crippen molar-refractivity contribution < 1.29 is 24.2 Å². The van der Waals surface area contributed by atoms with Gasteiger partial charge in [-0.1, -0.05) is 0 Å². The molecule has 74 valence electrons. The fourth-order valence-corrected chi connectivity index (χ4v) is 0.611. The highest BCUT2D eigenvalue weighted by atomic mass is 16.7. The monoisotopic (exact) mass is 188 g/mol. The van der Waals surface area contributed by atoms with Gasteiger partial charge in [0.05, 0.1) is 0 Å². The molecule has 1 atom stereocenters. The molecule has 0 bridgehead atoms. The van der Waals surface area contributed by atoms with Gasteiger partial charge in [-0.05, 0) is 13.8 Å². The Morgan fingerprint density at radius 1 is 1.46 bits per heavy atom. The normalized spacial score (nSPS) is 12.8. The van der Waals surface area contributed by atoms with E-state index in [-0.39, 0.29) is 0 Å². The summed E-state index contributed by atoms with van der Waals surface area (Å²) in [6, 6.07) is 0. The number of ether oxygens (including phenoxy) is 2. The minimum Gasteiger partial charge on any atom is -0.478 e. The summed E-state index contributed by atoms with van der Waals surface area (Å²) in [5.41, 5.74) is 0. The molecule has 0 aliphatic rings. The lowest BCUT2D eigenvalue weighted by Gasteiger charge is -2.10. The molecule has 13 heavy (non-hydrogen) atoms. The number of rotatable bonds is 5. The van der Waals surface area contributed by atoms with Crippen LogP contribution in [0.1, 0.15) is 13.8 Å². The van der Waals surface area contributed by atoms with E-state index >= 15 is 0 Å². The first kappa shape index (κ1) is 11.6. The maximum atomic E-state index is 10.8. The molecule has 0 spiro atoms. The second kappa shape index (κ2) is 6.19. The molecule has 0 fully saturated rings. The lowest BCUT2D eigenvalue weighted by Crippen LogP contribution is -2.16. The third-order valence-corrected chi connectivity index (χ3v) is 1.05. The Kier molecular flexibility index (Phi) is 5.54. The van der Waals surface area contributed by atoms with E-state index in [1.165, 1.54) is 0 Å². The molecule has 1 N–H and O–H groups in total. The van der Waals surface area contributed by atoms with Crippen LogP contribution in [0.4, 0.5) is 0 Å². The van der Waals surface area contributed by atoms with Crippen molar-refractivity contribution in [3.05, 3.63) is 12.2 Å². The molecular formula is C8H12O5. The fourth-order valence-electron chi connectivity index (χ4n) is 0.611. The number of carbonyl (C=O) groups excluding carboxylic acids is 1. The molecule has 0 radical (unpaired) electrons. The first-order valence-electron chi connectivity index (χ1n) is 3.79. The van der Waals surface area contributed by atoms with Crippen LogP contribution in [0, 0.1) is 0 Å². The summed E-state index contributed by atoms with van der Waals surface area (Å²) in [7, 11) is 0. The van der Waals surface area contributed by atoms with Gasteiger partial charge in [-0.3, -0.25) is 0 Å². The van der Waals surface area contributed by atoms with Crippen LogP contribution in [-0.2, 0) is 19.1 Å². The number of hydrogen-bond donors (Lipinski definition) is 1. The average molecular weight is 188 g/mol. The van der Waals surface area contributed by atoms with Crippen molar-refractivity contribution in [1.29, 1.82) is 0 Å². The zero-order valence-electron chi connectivity index (χ0n) is 7.52. The molecule has 0 heterocycles. The summed E-state index contributed by atoms with van der Waals surface area (Å²) in [5.74, 6) is -1.93. The molecule has 0 aromatic carbocycles. The maximum Gasteiger partial charge on any atom is 0.333 e. The van der Waals surface area contributed by atoms with Crippen molar-refractivity contribution in [2.45, 2.75) is 20.1 Å². The van der Waals surface area contributed by atoms with Crippen molar-refractivity contribution >= 4 is 11.9 Å². The van der Waals surface area contributed by atoms with Crippen LogP contribution in [0.5, 0.6) is 0 Å². The van der Waals surface area contributed by atoms with E-state index in [4.69, 9.17) is 9.84 Å². The molecule has 5 nitrogen and oxygen atoms in total. The van der Waals surface area contributed by atoms with E-state index in [2.05, 4.69) is 4.74 Å². The van der Waals surface area contributed by atoms with Gasteiger partial charge >= 0.3 is 11.9 Å². The van der Waals surface area contributed by atoms with E-state index < -0.39 is 18.2 Å². The van der Waals surface area contributed by atoms with Gasteiger partial charge in [0.15, 0.2) is 6.29 Å². The topological polar surface area (TPSA) is 72.8 Å². The molecular weight excluding hydrogens is 176 g/mol. The number of aliphatic carboxylic acids is 1. The number of carboxylic acids is 1. The second-order valence-electron chi connectivity index (χ2n) is 2.13. The molecule has 0 aromatic rings. The quantitative estimate of drug-likeness (QED) is 0.387. The Hall–Kier alpha value is -1.36. The predicted molar refractivity (Wildman–Crippen MR) is 44.0 cm³/mol. The van der Waals surface area contributed by atoms with E-state index in [1.54, 1.807) is 13.8 Å². The minimum absolute atomic E-state index is 0.428. The van der Waals surface area contributed by atoms with Gasteiger partial charge in [-0.25, -0.2) is 9.59 Å². The van der Waals surface area contributed by atoms with Gasteiger partial charge in [-0.2, -0.15) is 0 Å². The maximum absolute atomic E-state index is 10.8. The van der Waals surface area contributed by atoms with Crippen molar-refractivity contribution in [1.82, 2.24) is 0 Å². The number of hydrogen-bond acceptors (Lipinski definition) is 4. The van der Waals surface area contributed by atoms with E-state index in [9.17, 15) is 9.59 Å². The zero-order chi connectivity index (χ0) is 10.3. The Bertz CT molecular complexity index is 209. The molecule has 0 amide bonds. The van der Waals surface area contributed by atoms with Gasteiger partial charge in [-0.15, -0.1) is 0 Å². The lowest BCUT2D eigenvalue weighted by molar-refractivity contribution is -0.168. The summed E-state index contributed by atoms with van der Waals surface area (Å²) in [6.07, 6.45) is 0.884.